The van der Waals surface area contributed by atoms with Crippen LogP contribution in [-0.2, 0) is 0 Å². The van der Waals surface area contributed by atoms with Gasteiger partial charge in [0.2, 0.25) is 0 Å². The largest absolute Gasteiger partial charge is 0.458 e. The van der Waals surface area contributed by atoms with Gasteiger partial charge in [-0.25, -0.2) is 0 Å². The van der Waals surface area contributed by atoms with E-state index in [1.807, 2.05) is 12.1 Å². The molecule has 5 aromatic carbocycles. The first-order valence-electron chi connectivity index (χ1n) is 12.1. The molecule has 2 heterocycles. The third-order valence-corrected chi connectivity index (χ3v) is 7.31. The fourth-order valence-corrected chi connectivity index (χ4v) is 5.62. The lowest BCUT2D eigenvalue weighted by molar-refractivity contribution is 0.466. The van der Waals surface area contributed by atoms with E-state index in [1.165, 1.54) is 33.2 Å². The van der Waals surface area contributed by atoms with E-state index in [1.54, 1.807) is 0 Å². The molecule has 2 aliphatic rings. The highest BCUT2D eigenvalue weighted by Crippen LogP contribution is 2.46. The molecule has 0 aromatic heterocycles. The summed E-state index contributed by atoms with van der Waals surface area (Å²) in [5, 5.41) is 0. The molecule has 5 aromatic rings. The molecule has 0 N–H and O–H groups in total. The smallest absolute Gasteiger partial charge is 0.260 e. The number of fused-ring (bicyclic) bond motifs is 4. The summed E-state index contributed by atoms with van der Waals surface area (Å²) in [4.78, 5) is 0. The molecule has 7 rings (SSSR count). The lowest BCUT2D eigenvalue weighted by Crippen LogP contribution is -2.57. The molecule has 0 unspecified atom stereocenters. The van der Waals surface area contributed by atoms with Gasteiger partial charge in [0.1, 0.15) is 23.0 Å². The van der Waals surface area contributed by atoms with Crippen molar-refractivity contribution in [3.05, 3.63) is 114 Å². The van der Waals surface area contributed by atoms with Crippen LogP contribution in [0.5, 0.6) is 23.0 Å². The van der Waals surface area contributed by atoms with Crippen LogP contribution in [-0.4, -0.2) is 6.71 Å². The number of hydrogen-bond donors (Lipinski definition) is 0. The van der Waals surface area contributed by atoms with Crippen LogP contribution in [0, 0.1) is 13.8 Å². The third-order valence-electron chi connectivity index (χ3n) is 7.31. The molecule has 0 radical (unpaired) electrons. The summed E-state index contributed by atoms with van der Waals surface area (Å²) in [5.41, 5.74) is 10.5. The van der Waals surface area contributed by atoms with Gasteiger partial charge < -0.3 is 9.47 Å². The lowest BCUT2D eigenvalue weighted by atomic mass is 9.34. The van der Waals surface area contributed by atoms with Crippen molar-refractivity contribution < 1.29 is 9.47 Å². The van der Waals surface area contributed by atoms with Crippen molar-refractivity contribution in [3.8, 4) is 45.3 Å². The number of hydrogen-bond acceptors (Lipinski definition) is 2. The Bertz CT molecular complexity index is 1520. The summed E-state index contributed by atoms with van der Waals surface area (Å²) in [5.74, 6) is 3.60. The second-order valence-corrected chi connectivity index (χ2v) is 9.39. The second kappa shape index (κ2) is 7.64. The molecular formula is C32H23BO2. The predicted molar refractivity (Wildman–Crippen MR) is 144 cm³/mol. The number of benzene rings is 5. The standard InChI is InChI=1S/C32H23BO2/c1-20-11-3-5-13-22(20)24-19-25(23-14-6-4-12-21(23)2)32-30-31(24)34-28-17-9-7-15-26(28)33(30)27-16-8-10-18-29(27)35-32/h3-19H,1-2H3. The van der Waals surface area contributed by atoms with Crippen molar-refractivity contribution in [3.63, 3.8) is 0 Å². The Hall–Kier alpha value is -4.24. The van der Waals surface area contributed by atoms with Crippen LogP contribution in [0.3, 0.4) is 0 Å². The molecule has 0 aliphatic carbocycles. The van der Waals surface area contributed by atoms with Crippen LogP contribution in [0.15, 0.2) is 103 Å². The Morgan fingerprint density at radius 3 is 1.40 bits per heavy atom. The molecular weight excluding hydrogens is 427 g/mol. The molecule has 0 fully saturated rings. The molecule has 0 bridgehead atoms. The van der Waals surface area contributed by atoms with Gasteiger partial charge in [-0.2, -0.15) is 0 Å². The number of para-hydroxylation sites is 2. The molecule has 0 atom stereocenters. The summed E-state index contributed by atoms with van der Waals surface area (Å²) in [7, 11) is 0. The van der Waals surface area contributed by atoms with Gasteiger partial charge in [0.05, 0.1) is 0 Å². The third kappa shape index (κ3) is 2.98. The quantitative estimate of drug-likeness (QED) is 0.285. The molecule has 0 spiro atoms. The van der Waals surface area contributed by atoms with Gasteiger partial charge in [0.15, 0.2) is 0 Å². The highest BCUT2D eigenvalue weighted by Gasteiger charge is 2.42. The fraction of sp³-hybridized carbons (Fsp3) is 0.0625. The van der Waals surface area contributed by atoms with E-state index < -0.39 is 0 Å². The first-order valence-corrected chi connectivity index (χ1v) is 12.1. The van der Waals surface area contributed by atoms with Gasteiger partial charge in [-0.05, 0) is 65.2 Å². The minimum Gasteiger partial charge on any atom is -0.458 e. The summed E-state index contributed by atoms with van der Waals surface area (Å²) in [6, 6.07) is 36.1. The molecule has 0 saturated heterocycles. The summed E-state index contributed by atoms with van der Waals surface area (Å²) < 4.78 is 13.4. The molecule has 0 saturated carbocycles. The lowest BCUT2D eigenvalue weighted by Gasteiger charge is -2.35. The zero-order chi connectivity index (χ0) is 23.5. The average molecular weight is 450 g/mol. The van der Waals surface area contributed by atoms with Gasteiger partial charge in [-0.15, -0.1) is 0 Å². The van der Waals surface area contributed by atoms with Crippen molar-refractivity contribution in [2.45, 2.75) is 13.8 Å². The van der Waals surface area contributed by atoms with Crippen LogP contribution in [0.2, 0.25) is 0 Å². The van der Waals surface area contributed by atoms with Crippen molar-refractivity contribution >= 4 is 23.1 Å². The maximum absolute atomic E-state index is 6.72. The fourth-order valence-electron chi connectivity index (χ4n) is 5.62. The van der Waals surface area contributed by atoms with Gasteiger partial charge in [-0.3, -0.25) is 0 Å². The summed E-state index contributed by atoms with van der Waals surface area (Å²) >= 11 is 0. The topological polar surface area (TPSA) is 18.5 Å². The second-order valence-electron chi connectivity index (χ2n) is 9.39. The van der Waals surface area contributed by atoms with Crippen molar-refractivity contribution in [2.24, 2.45) is 0 Å². The summed E-state index contributed by atoms with van der Waals surface area (Å²) in [6.07, 6.45) is 0. The highest BCUT2D eigenvalue weighted by atomic mass is 16.5. The van der Waals surface area contributed by atoms with E-state index in [4.69, 9.17) is 9.47 Å². The molecule has 3 heteroatoms. The van der Waals surface area contributed by atoms with Crippen LogP contribution < -0.4 is 25.9 Å². The van der Waals surface area contributed by atoms with Crippen LogP contribution in [0.25, 0.3) is 22.3 Å². The van der Waals surface area contributed by atoms with E-state index in [-0.39, 0.29) is 6.71 Å². The zero-order valence-electron chi connectivity index (χ0n) is 19.7. The Balaban J connectivity index is 1.63. The maximum atomic E-state index is 6.72. The Kier molecular flexibility index (Phi) is 4.40. The number of rotatable bonds is 2. The van der Waals surface area contributed by atoms with Gasteiger partial charge in [-0.1, -0.05) is 84.9 Å². The SMILES string of the molecule is Cc1ccccc1-c1cc(-c2ccccc2C)c2c3c1Oc1ccccc1B3c1ccccc1O2. The van der Waals surface area contributed by atoms with Crippen LogP contribution in [0.4, 0.5) is 0 Å². The molecule has 2 nitrogen and oxygen atoms in total. The predicted octanol–water partition coefficient (Wildman–Crippen LogP) is 6.37. The highest BCUT2D eigenvalue weighted by molar-refractivity contribution is 6.98. The normalized spacial score (nSPS) is 12.7. The first kappa shape index (κ1) is 20.2. The minimum atomic E-state index is 0.0432. The Morgan fingerprint density at radius 1 is 0.486 bits per heavy atom. The monoisotopic (exact) mass is 450 g/mol. The first-order chi connectivity index (χ1) is 17.2. The Morgan fingerprint density at radius 2 is 0.914 bits per heavy atom. The van der Waals surface area contributed by atoms with Crippen molar-refractivity contribution in [1.29, 1.82) is 0 Å². The van der Waals surface area contributed by atoms with E-state index in [2.05, 4.69) is 105 Å². The van der Waals surface area contributed by atoms with Gasteiger partial charge in [0, 0.05) is 16.6 Å². The maximum Gasteiger partial charge on any atom is 0.260 e. The number of aryl methyl sites for hydroxylation is 2. The van der Waals surface area contributed by atoms with Crippen LogP contribution in [0.1, 0.15) is 11.1 Å². The van der Waals surface area contributed by atoms with Gasteiger partial charge >= 0.3 is 0 Å². The zero-order valence-corrected chi connectivity index (χ0v) is 19.7. The van der Waals surface area contributed by atoms with E-state index in [0.29, 0.717) is 0 Å². The van der Waals surface area contributed by atoms with Crippen molar-refractivity contribution in [1.82, 2.24) is 0 Å². The average Bonchev–Trinajstić information content (AvgIpc) is 2.89. The van der Waals surface area contributed by atoms with E-state index in [9.17, 15) is 0 Å². The van der Waals surface area contributed by atoms with Gasteiger partial charge in [0.25, 0.3) is 6.71 Å². The molecule has 35 heavy (non-hydrogen) atoms. The Labute approximate surface area is 205 Å². The molecule has 2 aliphatic heterocycles. The summed E-state index contributed by atoms with van der Waals surface area (Å²) in [6.45, 7) is 4.37. The molecule has 0 amide bonds. The van der Waals surface area contributed by atoms with E-state index in [0.717, 1.165) is 39.6 Å². The molecule has 166 valence electrons. The van der Waals surface area contributed by atoms with E-state index >= 15 is 0 Å². The van der Waals surface area contributed by atoms with Crippen LogP contribution >= 0.6 is 0 Å². The minimum absolute atomic E-state index is 0.0432. The van der Waals surface area contributed by atoms with Crippen molar-refractivity contribution in [2.75, 3.05) is 0 Å². The number of ether oxygens (including phenoxy) is 2.